The van der Waals surface area contributed by atoms with E-state index in [1.165, 1.54) is 0 Å². The van der Waals surface area contributed by atoms with Gasteiger partial charge in [0, 0.05) is 23.7 Å². The van der Waals surface area contributed by atoms with Crippen molar-refractivity contribution >= 4 is 23.5 Å². The number of morpholine rings is 1. The Morgan fingerprint density at radius 2 is 1.65 bits per heavy atom. The van der Waals surface area contributed by atoms with Crippen LogP contribution in [-0.4, -0.2) is 37.0 Å². The average Bonchev–Trinajstić information content (AvgIpc) is 2.61. The third-order valence-corrected chi connectivity index (χ3v) is 4.05. The van der Waals surface area contributed by atoms with Gasteiger partial charge in [-0.25, -0.2) is 0 Å². The lowest BCUT2D eigenvalue weighted by Gasteiger charge is -2.30. The number of halogens is 1. The molecule has 0 aromatic heterocycles. The van der Waals surface area contributed by atoms with E-state index in [9.17, 15) is 4.79 Å². The minimum Gasteiger partial charge on any atom is -0.378 e. The number of ether oxygens (including phenoxy) is 1. The normalized spacial score (nSPS) is 15.5. The van der Waals surface area contributed by atoms with E-state index in [1.54, 1.807) is 24.3 Å². The van der Waals surface area contributed by atoms with Gasteiger partial charge in [-0.05, 0) is 35.9 Å². The number of carbonyl (C=O) groups is 1. The van der Waals surface area contributed by atoms with E-state index in [0.717, 1.165) is 18.7 Å². The number of nitrogens with zero attached hydrogens (tertiary/aromatic N) is 1. The van der Waals surface area contributed by atoms with Gasteiger partial charge < -0.3 is 9.64 Å². The number of rotatable bonds is 4. The van der Waals surface area contributed by atoms with Crippen LogP contribution in [0.25, 0.3) is 6.08 Å². The lowest BCUT2D eigenvalue weighted by Crippen LogP contribution is -2.38. The summed E-state index contributed by atoms with van der Waals surface area (Å²) < 4.78 is 5.40. The van der Waals surface area contributed by atoms with E-state index in [0.29, 0.717) is 29.5 Å². The molecule has 4 heteroatoms. The zero-order valence-electron chi connectivity index (χ0n) is 12.7. The fourth-order valence-corrected chi connectivity index (χ4v) is 2.69. The maximum absolute atomic E-state index is 13.0. The summed E-state index contributed by atoms with van der Waals surface area (Å²) in [4.78, 5) is 15.1. The number of benzene rings is 2. The van der Waals surface area contributed by atoms with Gasteiger partial charge in [-0.15, -0.1) is 0 Å². The number of ketones is 1. The van der Waals surface area contributed by atoms with Crippen molar-refractivity contribution in [3.8, 4) is 0 Å². The molecule has 1 fully saturated rings. The Kier molecular flexibility index (Phi) is 5.11. The molecule has 1 aliphatic heterocycles. The first kappa shape index (κ1) is 15.8. The largest absolute Gasteiger partial charge is 0.378 e. The summed E-state index contributed by atoms with van der Waals surface area (Å²) in [7, 11) is 0. The molecule has 2 aromatic rings. The molecule has 1 heterocycles. The molecule has 23 heavy (non-hydrogen) atoms. The molecule has 0 atom stereocenters. The molecule has 0 radical (unpaired) electrons. The van der Waals surface area contributed by atoms with Crippen LogP contribution in [0, 0.1) is 0 Å². The minimum absolute atomic E-state index is 0.00687. The highest BCUT2D eigenvalue weighted by molar-refractivity contribution is 6.30. The van der Waals surface area contributed by atoms with Crippen molar-refractivity contribution in [2.24, 2.45) is 0 Å². The second-order valence-electron chi connectivity index (χ2n) is 5.38. The average molecular weight is 328 g/mol. The van der Waals surface area contributed by atoms with Gasteiger partial charge in [-0.3, -0.25) is 4.79 Å². The molecule has 118 valence electrons. The van der Waals surface area contributed by atoms with E-state index in [4.69, 9.17) is 16.3 Å². The number of Topliss-reactive ketones (excluding diaryl/α,β-unsaturated/α-hetero) is 1. The van der Waals surface area contributed by atoms with E-state index in [1.807, 2.05) is 36.4 Å². The van der Waals surface area contributed by atoms with Gasteiger partial charge in [0.1, 0.15) is 0 Å². The Morgan fingerprint density at radius 1 is 1.00 bits per heavy atom. The zero-order chi connectivity index (χ0) is 16.1. The van der Waals surface area contributed by atoms with Gasteiger partial charge in [-0.2, -0.15) is 0 Å². The van der Waals surface area contributed by atoms with Crippen molar-refractivity contribution in [3.05, 3.63) is 76.4 Å². The highest BCUT2D eigenvalue weighted by atomic mass is 35.5. The first-order valence-corrected chi connectivity index (χ1v) is 8.01. The molecule has 0 amide bonds. The van der Waals surface area contributed by atoms with Crippen LogP contribution in [0.1, 0.15) is 15.9 Å². The second-order valence-corrected chi connectivity index (χ2v) is 5.81. The van der Waals surface area contributed by atoms with E-state index < -0.39 is 0 Å². The first-order chi connectivity index (χ1) is 11.2. The van der Waals surface area contributed by atoms with E-state index in [-0.39, 0.29) is 5.78 Å². The maximum atomic E-state index is 13.0. The lowest BCUT2D eigenvalue weighted by atomic mass is 10.0. The quantitative estimate of drug-likeness (QED) is 0.630. The van der Waals surface area contributed by atoms with Gasteiger partial charge in [0.05, 0.1) is 18.9 Å². The van der Waals surface area contributed by atoms with Crippen molar-refractivity contribution in [3.63, 3.8) is 0 Å². The summed E-state index contributed by atoms with van der Waals surface area (Å²) in [5.41, 5.74) is 2.35. The van der Waals surface area contributed by atoms with Crippen LogP contribution in [0.5, 0.6) is 0 Å². The van der Waals surface area contributed by atoms with Crippen molar-refractivity contribution in [1.29, 1.82) is 0 Å². The summed E-state index contributed by atoms with van der Waals surface area (Å²) >= 11 is 5.92. The van der Waals surface area contributed by atoms with E-state index >= 15 is 0 Å². The van der Waals surface area contributed by atoms with Gasteiger partial charge in [-0.1, -0.05) is 41.9 Å². The van der Waals surface area contributed by atoms with E-state index in [2.05, 4.69) is 4.90 Å². The second kappa shape index (κ2) is 7.44. The van der Waals surface area contributed by atoms with Gasteiger partial charge in [0.25, 0.3) is 0 Å². The Balaban J connectivity index is 1.95. The van der Waals surface area contributed by atoms with Crippen LogP contribution < -0.4 is 0 Å². The molecule has 3 rings (SSSR count). The molecule has 0 spiro atoms. The Morgan fingerprint density at radius 3 is 2.30 bits per heavy atom. The SMILES string of the molecule is O=C(C(=Cc1ccccc1)N1CCOCC1)c1ccc(Cl)cc1. The van der Waals surface area contributed by atoms with Crippen LogP contribution in [0.15, 0.2) is 60.3 Å². The van der Waals surface area contributed by atoms with Crippen molar-refractivity contribution in [2.75, 3.05) is 26.3 Å². The predicted molar refractivity (Wildman–Crippen MR) is 92.6 cm³/mol. The summed E-state index contributed by atoms with van der Waals surface area (Å²) in [5, 5.41) is 0.626. The Bertz CT molecular complexity index is 689. The topological polar surface area (TPSA) is 29.5 Å². The maximum Gasteiger partial charge on any atom is 0.209 e. The standard InChI is InChI=1S/C19H18ClNO2/c20-17-8-6-16(7-9-17)19(22)18(21-10-12-23-13-11-21)14-15-4-2-1-3-5-15/h1-9,14H,10-13H2. The fourth-order valence-electron chi connectivity index (χ4n) is 2.56. The smallest absolute Gasteiger partial charge is 0.209 e. The summed E-state index contributed by atoms with van der Waals surface area (Å²) in [6, 6.07) is 16.9. The molecule has 1 saturated heterocycles. The fraction of sp³-hybridized carbons (Fsp3) is 0.211. The monoisotopic (exact) mass is 327 g/mol. The van der Waals surface area contributed by atoms with Crippen LogP contribution in [-0.2, 0) is 4.74 Å². The molecule has 1 aliphatic rings. The lowest BCUT2D eigenvalue weighted by molar-refractivity contribution is 0.0512. The van der Waals surface area contributed by atoms with Crippen LogP contribution in [0.2, 0.25) is 5.02 Å². The van der Waals surface area contributed by atoms with Crippen molar-refractivity contribution < 1.29 is 9.53 Å². The molecule has 0 saturated carbocycles. The van der Waals surface area contributed by atoms with Crippen molar-refractivity contribution in [1.82, 2.24) is 4.90 Å². The van der Waals surface area contributed by atoms with Gasteiger partial charge in [0.2, 0.25) is 5.78 Å². The Labute approximate surface area is 141 Å². The summed E-state index contributed by atoms with van der Waals surface area (Å²) in [6.07, 6.45) is 1.95. The first-order valence-electron chi connectivity index (χ1n) is 7.64. The third kappa shape index (κ3) is 4.01. The number of hydrogen-bond acceptors (Lipinski definition) is 3. The molecular weight excluding hydrogens is 310 g/mol. The number of allylic oxidation sites excluding steroid dienone is 1. The molecular formula is C19H18ClNO2. The highest BCUT2D eigenvalue weighted by Gasteiger charge is 2.21. The predicted octanol–water partition coefficient (Wildman–Crippen LogP) is 3.90. The minimum atomic E-state index is 0.00687. The molecule has 0 aliphatic carbocycles. The molecule has 2 aromatic carbocycles. The van der Waals surface area contributed by atoms with Gasteiger partial charge >= 0.3 is 0 Å². The van der Waals surface area contributed by atoms with Crippen LogP contribution in [0.4, 0.5) is 0 Å². The summed E-state index contributed by atoms with van der Waals surface area (Å²) in [6.45, 7) is 2.72. The van der Waals surface area contributed by atoms with Crippen molar-refractivity contribution in [2.45, 2.75) is 0 Å². The highest BCUT2D eigenvalue weighted by Crippen LogP contribution is 2.19. The molecule has 0 N–H and O–H groups in total. The molecule has 3 nitrogen and oxygen atoms in total. The summed E-state index contributed by atoms with van der Waals surface area (Å²) in [5.74, 6) is 0.00687. The Hall–Kier alpha value is -2.10. The van der Waals surface area contributed by atoms with Crippen LogP contribution in [0.3, 0.4) is 0 Å². The van der Waals surface area contributed by atoms with Gasteiger partial charge in [0.15, 0.2) is 0 Å². The molecule has 0 bridgehead atoms. The molecule has 0 unspecified atom stereocenters. The third-order valence-electron chi connectivity index (χ3n) is 3.79. The zero-order valence-corrected chi connectivity index (χ0v) is 13.5. The number of carbonyl (C=O) groups excluding carboxylic acids is 1. The number of hydrogen-bond donors (Lipinski definition) is 0. The van der Waals surface area contributed by atoms with Crippen LogP contribution >= 0.6 is 11.6 Å².